The maximum Gasteiger partial charge on any atom is 0.318 e. The molecule has 142 valence electrons. The molecule has 0 saturated carbocycles. The number of rotatable bonds is 4. The number of hydrogen-bond acceptors (Lipinski definition) is 3. The lowest BCUT2D eigenvalue weighted by Gasteiger charge is -2.26. The predicted molar refractivity (Wildman–Crippen MR) is 108 cm³/mol. The molecule has 2 amide bonds. The Hall–Kier alpha value is -2.56. The zero-order valence-corrected chi connectivity index (χ0v) is 16.0. The summed E-state index contributed by atoms with van der Waals surface area (Å²) in [7, 11) is 0. The minimum Gasteiger partial charge on any atom is -0.357 e. The summed E-state index contributed by atoms with van der Waals surface area (Å²) in [6, 6.07) is 12.7. The van der Waals surface area contributed by atoms with Crippen molar-refractivity contribution in [3.05, 3.63) is 59.3 Å². The molecule has 1 unspecified atom stereocenters. The van der Waals surface area contributed by atoms with Crippen LogP contribution in [-0.4, -0.2) is 35.5 Å². The molecule has 0 spiro atoms. The summed E-state index contributed by atoms with van der Waals surface area (Å²) in [4.78, 5) is 21.6. The van der Waals surface area contributed by atoms with Crippen LogP contribution in [0.2, 0.25) is 0 Å². The molecule has 0 bridgehead atoms. The number of pyridine rings is 1. The fraction of sp³-hybridized carbons (Fsp3) is 0.455. The van der Waals surface area contributed by atoms with E-state index in [-0.39, 0.29) is 12.1 Å². The fourth-order valence-corrected chi connectivity index (χ4v) is 4.23. The molecule has 2 aromatic rings. The number of carbonyl (C=O) groups excluding carboxylic acids is 1. The molecule has 0 radical (unpaired) electrons. The first kappa shape index (κ1) is 17.8. The second-order valence-electron chi connectivity index (χ2n) is 7.59. The van der Waals surface area contributed by atoms with Crippen LogP contribution in [0.15, 0.2) is 42.6 Å². The van der Waals surface area contributed by atoms with E-state index >= 15 is 0 Å². The Morgan fingerprint density at radius 1 is 1.11 bits per heavy atom. The number of hydrogen-bond donors (Lipinski definition) is 1. The maximum absolute atomic E-state index is 12.8. The van der Waals surface area contributed by atoms with Crippen molar-refractivity contribution in [3.8, 4) is 0 Å². The number of likely N-dealkylation sites (tertiary alicyclic amines) is 1. The largest absolute Gasteiger partial charge is 0.357 e. The maximum atomic E-state index is 12.8. The predicted octanol–water partition coefficient (Wildman–Crippen LogP) is 4.04. The number of anilines is 1. The van der Waals surface area contributed by atoms with E-state index in [1.807, 2.05) is 11.1 Å². The van der Waals surface area contributed by atoms with Gasteiger partial charge in [-0.25, -0.2) is 9.78 Å². The van der Waals surface area contributed by atoms with E-state index in [4.69, 9.17) is 0 Å². The van der Waals surface area contributed by atoms with E-state index < -0.39 is 0 Å². The lowest BCUT2D eigenvalue weighted by atomic mass is 9.99. The van der Waals surface area contributed by atoms with E-state index in [0.29, 0.717) is 6.54 Å². The molecule has 0 aliphatic carbocycles. The van der Waals surface area contributed by atoms with Gasteiger partial charge in [0.15, 0.2) is 0 Å². The van der Waals surface area contributed by atoms with Gasteiger partial charge in [0.05, 0.1) is 6.04 Å². The van der Waals surface area contributed by atoms with Crippen LogP contribution in [0.3, 0.4) is 0 Å². The van der Waals surface area contributed by atoms with E-state index in [1.165, 1.54) is 24.0 Å². The van der Waals surface area contributed by atoms with Gasteiger partial charge in [0.25, 0.3) is 0 Å². The van der Waals surface area contributed by atoms with Gasteiger partial charge >= 0.3 is 6.03 Å². The van der Waals surface area contributed by atoms with Gasteiger partial charge in [-0.2, -0.15) is 0 Å². The van der Waals surface area contributed by atoms with Crippen LogP contribution in [-0.2, 0) is 6.54 Å². The molecule has 2 saturated heterocycles. The number of benzene rings is 1. The van der Waals surface area contributed by atoms with Gasteiger partial charge in [0.2, 0.25) is 0 Å². The van der Waals surface area contributed by atoms with Gasteiger partial charge in [-0.05, 0) is 55.4 Å². The van der Waals surface area contributed by atoms with Crippen LogP contribution >= 0.6 is 0 Å². The lowest BCUT2D eigenvalue weighted by Crippen LogP contribution is -2.39. The average molecular weight is 364 g/mol. The highest BCUT2D eigenvalue weighted by atomic mass is 16.2. The third-order valence-corrected chi connectivity index (χ3v) is 5.74. The molecule has 2 fully saturated rings. The lowest BCUT2D eigenvalue weighted by molar-refractivity contribution is 0.192. The molecule has 2 aliphatic heterocycles. The molecular formula is C22H28N4O. The molecular weight excluding hydrogens is 336 g/mol. The summed E-state index contributed by atoms with van der Waals surface area (Å²) in [6.07, 6.45) is 6.47. The van der Waals surface area contributed by atoms with Crippen molar-refractivity contribution in [2.75, 3.05) is 24.5 Å². The number of aromatic nitrogens is 1. The second-order valence-corrected chi connectivity index (χ2v) is 7.59. The third kappa shape index (κ3) is 3.92. The van der Waals surface area contributed by atoms with E-state index in [0.717, 1.165) is 43.9 Å². The Balaban J connectivity index is 1.36. The standard InChI is InChI=1S/C22H28N4O/c1-17-7-2-3-8-19(17)20-9-6-14-26(20)22(27)24-16-18-10-11-21(23-15-18)25-12-4-5-13-25/h2-3,7-8,10-11,15,20H,4-6,9,12-14,16H2,1H3,(H,24,27). The van der Waals surface area contributed by atoms with Gasteiger partial charge in [-0.3, -0.25) is 0 Å². The molecule has 4 rings (SSSR count). The Morgan fingerprint density at radius 2 is 1.93 bits per heavy atom. The topological polar surface area (TPSA) is 48.5 Å². The minimum absolute atomic E-state index is 0.0179. The third-order valence-electron chi connectivity index (χ3n) is 5.74. The monoisotopic (exact) mass is 364 g/mol. The molecule has 5 heteroatoms. The van der Waals surface area contributed by atoms with Gasteiger partial charge in [0.1, 0.15) is 5.82 Å². The van der Waals surface area contributed by atoms with Crippen LogP contribution < -0.4 is 10.2 Å². The minimum atomic E-state index is 0.0179. The van der Waals surface area contributed by atoms with Crippen molar-refractivity contribution >= 4 is 11.8 Å². The highest BCUT2D eigenvalue weighted by molar-refractivity contribution is 5.75. The molecule has 2 aliphatic rings. The van der Waals surface area contributed by atoms with Gasteiger partial charge in [-0.15, -0.1) is 0 Å². The average Bonchev–Trinajstić information content (AvgIpc) is 3.39. The number of carbonyl (C=O) groups is 1. The number of amides is 2. The first-order valence-corrected chi connectivity index (χ1v) is 10.0. The van der Waals surface area contributed by atoms with Gasteiger partial charge < -0.3 is 15.1 Å². The van der Waals surface area contributed by atoms with E-state index in [9.17, 15) is 4.79 Å². The number of nitrogens with one attached hydrogen (secondary N) is 1. The summed E-state index contributed by atoms with van der Waals surface area (Å²) < 4.78 is 0. The van der Waals surface area contributed by atoms with Gasteiger partial charge in [-0.1, -0.05) is 30.3 Å². The smallest absolute Gasteiger partial charge is 0.318 e. The van der Waals surface area contributed by atoms with Crippen molar-refractivity contribution in [1.29, 1.82) is 0 Å². The molecule has 1 aromatic carbocycles. The van der Waals surface area contributed by atoms with Crippen molar-refractivity contribution in [2.45, 2.75) is 45.2 Å². The zero-order valence-electron chi connectivity index (χ0n) is 16.0. The molecule has 3 heterocycles. The van der Waals surface area contributed by atoms with Gasteiger partial charge in [0, 0.05) is 32.4 Å². The summed E-state index contributed by atoms with van der Waals surface area (Å²) in [5.74, 6) is 1.04. The van der Waals surface area contributed by atoms with Crippen LogP contribution in [0.4, 0.5) is 10.6 Å². The molecule has 5 nitrogen and oxygen atoms in total. The number of aryl methyl sites for hydroxylation is 1. The fourth-order valence-electron chi connectivity index (χ4n) is 4.23. The van der Waals surface area contributed by atoms with Crippen LogP contribution in [0.1, 0.15) is 48.4 Å². The zero-order chi connectivity index (χ0) is 18.6. The highest BCUT2D eigenvalue weighted by Gasteiger charge is 2.30. The number of nitrogens with zero attached hydrogens (tertiary/aromatic N) is 3. The Labute approximate surface area is 161 Å². The molecule has 1 N–H and O–H groups in total. The van der Waals surface area contributed by atoms with Crippen LogP contribution in [0.25, 0.3) is 0 Å². The molecule has 1 atom stereocenters. The summed E-state index contributed by atoms with van der Waals surface area (Å²) in [5, 5.41) is 3.08. The molecule has 27 heavy (non-hydrogen) atoms. The Kier molecular flexibility index (Phi) is 5.28. The normalized spacial score (nSPS) is 19.5. The number of urea groups is 1. The summed E-state index contributed by atoms with van der Waals surface area (Å²) in [5.41, 5.74) is 3.56. The van der Waals surface area contributed by atoms with Crippen molar-refractivity contribution < 1.29 is 4.79 Å². The van der Waals surface area contributed by atoms with E-state index in [2.05, 4.69) is 58.5 Å². The first-order valence-electron chi connectivity index (χ1n) is 10.0. The molecule has 1 aromatic heterocycles. The summed E-state index contributed by atoms with van der Waals surface area (Å²) >= 11 is 0. The highest BCUT2D eigenvalue weighted by Crippen LogP contribution is 2.33. The van der Waals surface area contributed by atoms with Crippen molar-refractivity contribution in [3.63, 3.8) is 0 Å². The SMILES string of the molecule is Cc1ccccc1C1CCCN1C(=O)NCc1ccc(N2CCCC2)nc1. The quantitative estimate of drug-likeness (QED) is 0.891. The van der Waals surface area contributed by atoms with Crippen LogP contribution in [0, 0.1) is 6.92 Å². The Bertz CT molecular complexity index is 783. The second kappa shape index (κ2) is 7.99. The van der Waals surface area contributed by atoms with Crippen LogP contribution in [0.5, 0.6) is 0 Å². The van der Waals surface area contributed by atoms with Crippen molar-refractivity contribution in [2.24, 2.45) is 0 Å². The summed E-state index contributed by atoms with van der Waals surface area (Å²) in [6.45, 7) is 5.65. The van der Waals surface area contributed by atoms with E-state index in [1.54, 1.807) is 0 Å². The first-order chi connectivity index (χ1) is 13.2. The Morgan fingerprint density at radius 3 is 2.67 bits per heavy atom. The van der Waals surface area contributed by atoms with Crippen molar-refractivity contribution in [1.82, 2.24) is 15.2 Å².